The number of pyridine rings is 1. The number of hydrogen-bond donors (Lipinski definition) is 0. The highest BCUT2D eigenvalue weighted by Gasteiger charge is 2.18. The van der Waals surface area contributed by atoms with Crippen LogP contribution < -0.4 is 0 Å². The first-order chi connectivity index (χ1) is 7.91. The average molecular weight is 232 g/mol. The van der Waals surface area contributed by atoms with Crippen molar-refractivity contribution in [3.05, 3.63) is 35.8 Å². The third kappa shape index (κ3) is 2.16. The van der Waals surface area contributed by atoms with Gasteiger partial charge in [-0.2, -0.15) is 0 Å². The molecule has 0 unspecified atom stereocenters. The van der Waals surface area contributed by atoms with Gasteiger partial charge in [-0.25, -0.2) is 9.78 Å². The Morgan fingerprint density at radius 2 is 2.12 bits per heavy atom. The van der Waals surface area contributed by atoms with Crippen molar-refractivity contribution in [2.45, 2.75) is 26.2 Å². The quantitative estimate of drug-likeness (QED) is 0.709. The first-order valence-electron chi connectivity index (χ1n) is 5.49. The second kappa shape index (κ2) is 3.87. The van der Waals surface area contributed by atoms with E-state index in [2.05, 4.69) is 30.5 Å². The Hall–Kier alpha value is -1.84. The SMILES string of the molecule is COC(=O)c1ccn2cc(C(C)(C)C)nc2c1. The van der Waals surface area contributed by atoms with E-state index >= 15 is 0 Å². The Morgan fingerprint density at radius 3 is 2.71 bits per heavy atom. The molecule has 17 heavy (non-hydrogen) atoms. The van der Waals surface area contributed by atoms with Gasteiger partial charge in [-0.1, -0.05) is 20.8 Å². The normalized spacial score (nSPS) is 11.8. The highest BCUT2D eigenvalue weighted by molar-refractivity contribution is 5.90. The predicted octanol–water partition coefficient (Wildman–Crippen LogP) is 2.42. The van der Waals surface area contributed by atoms with Gasteiger partial charge in [0.1, 0.15) is 5.65 Å². The fourth-order valence-corrected chi connectivity index (χ4v) is 1.59. The molecule has 0 aromatic carbocycles. The van der Waals surface area contributed by atoms with Gasteiger partial charge in [0.15, 0.2) is 0 Å². The second-order valence-electron chi connectivity index (χ2n) is 5.05. The van der Waals surface area contributed by atoms with E-state index in [9.17, 15) is 4.79 Å². The zero-order chi connectivity index (χ0) is 12.6. The largest absolute Gasteiger partial charge is 0.465 e. The van der Waals surface area contributed by atoms with Crippen molar-refractivity contribution >= 4 is 11.6 Å². The van der Waals surface area contributed by atoms with Gasteiger partial charge >= 0.3 is 5.97 Å². The molecule has 2 heterocycles. The first kappa shape index (κ1) is 11.6. The van der Waals surface area contributed by atoms with Crippen molar-refractivity contribution in [3.63, 3.8) is 0 Å². The van der Waals surface area contributed by atoms with Crippen LogP contribution in [0.5, 0.6) is 0 Å². The Balaban J connectivity index is 2.52. The standard InChI is InChI=1S/C13H16N2O2/c1-13(2,3)10-8-15-6-5-9(12(16)17-4)7-11(15)14-10/h5-8H,1-4H3. The number of nitrogens with zero attached hydrogens (tertiary/aromatic N) is 2. The Bertz CT molecular complexity index is 564. The lowest BCUT2D eigenvalue weighted by atomic mass is 9.93. The molecule has 2 aromatic heterocycles. The van der Waals surface area contributed by atoms with E-state index in [-0.39, 0.29) is 11.4 Å². The molecule has 0 aliphatic rings. The molecule has 0 aliphatic carbocycles. The lowest BCUT2D eigenvalue weighted by molar-refractivity contribution is 0.0600. The number of carbonyl (C=O) groups is 1. The molecule has 0 saturated carbocycles. The molecule has 0 saturated heterocycles. The maximum atomic E-state index is 11.4. The summed E-state index contributed by atoms with van der Waals surface area (Å²) in [6.07, 6.45) is 3.81. The number of fused-ring (bicyclic) bond motifs is 1. The summed E-state index contributed by atoms with van der Waals surface area (Å²) in [5.74, 6) is -0.340. The van der Waals surface area contributed by atoms with E-state index in [1.54, 1.807) is 12.1 Å². The summed E-state index contributed by atoms with van der Waals surface area (Å²) in [5, 5.41) is 0. The lowest BCUT2D eigenvalue weighted by Gasteiger charge is -2.13. The van der Waals surface area contributed by atoms with Crippen LogP contribution in [0.15, 0.2) is 24.5 Å². The average Bonchev–Trinajstić information content (AvgIpc) is 2.70. The molecule has 90 valence electrons. The van der Waals surface area contributed by atoms with E-state index < -0.39 is 0 Å². The Labute approximate surface area is 100 Å². The molecule has 0 spiro atoms. The van der Waals surface area contributed by atoms with Gasteiger partial charge in [0.25, 0.3) is 0 Å². The molecule has 0 radical (unpaired) electrons. The van der Waals surface area contributed by atoms with Crippen LogP contribution in [-0.2, 0) is 10.2 Å². The predicted molar refractivity (Wildman–Crippen MR) is 65.2 cm³/mol. The van der Waals surface area contributed by atoms with Crippen LogP contribution in [0, 0.1) is 0 Å². The van der Waals surface area contributed by atoms with Crippen LogP contribution in [0.2, 0.25) is 0 Å². The molecular weight excluding hydrogens is 216 g/mol. The summed E-state index contributed by atoms with van der Waals surface area (Å²) in [4.78, 5) is 15.9. The van der Waals surface area contributed by atoms with E-state index in [0.717, 1.165) is 11.3 Å². The molecule has 2 aromatic rings. The number of methoxy groups -OCH3 is 1. The van der Waals surface area contributed by atoms with Crippen molar-refractivity contribution in [2.75, 3.05) is 7.11 Å². The van der Waals surface area contributed by atoms with Gasteiger partial charge in [-0.3, -0.25) is 0 Å². The van der Waals surface area contributed by atoms with Crippen molar-refractivity contribution in [1.29, 1.82) is 0 Å². The zero-order valence-electron chi connectivity index (χ0n) is 10.5. The van der Waals surface area contributed by atoms with E-state index in [1.807, 2.05) is 16.8 Å². The van der Waals surface area contributed by atoms with Crippen LogP contribution in [0.3, 0.4) is 0 Å². The maximum absolute atomic E-state index is 11.4. The van der Waals surface area contributed by atoms with Crippen molar-refractivity contribution in [2.24, 2.45) is 0 Å². The van der Waals surface area contributed by atoms with Crippen LogP contribution in [-0.4, -0.2) is 22.5 Å². The number of imidazole rings is 1. The van der Waals surface area contributed by atoms with Gasteiger partial charge in [0.05, 0.1) is 18.4 Å². The van der Waals surface area contributed by atoms with Crippen molar-refractivity contribution in [1.82, 2.24) is 9.38 Å². The minimum absolute atomic E-state index is 0.00253. The van der Waals surface area contributed by atoms with Crippen LogP contribution in [0.25, 0.3) is 5.65 Å². The van der Waals surface area contributed by atoms with Gasteiger partial charge in [0.2, 0.25) is 0 Å². The lowest BCUT2D eigenvalue weighted by Crippen LogP contribution is -2.11. The second-order valence-corrected chi connectivity index (χ2v) is 5.05. The number of carbonyl (C=O) groups excluding carboxylic acids is 1. The molecule has 0 bridgehead atoms. The van der Waals surface area contributed by atoms with Gasteiger partial charge < -0.3 is 9.14 Å². The fraction of sp³-hybridized carbons (Fsp3) is 0.385. The summed E-state index contributed by atoms with van der Waals surface area (Å²) in [7, 11) is 1.37. The minimum atomic E-state index is -0.340. The Kier molecular flexibility index (Phi) is 2.65. The molecule has 2 rings (SSSR count). The maximum Gasteiger partial charge on any atom is 0.338 e. The smallest absolute Gasteiger partial charge is 0.338 e. The van der Waals surface area contributed by atoms with Gasteiger partial charge in [-0.05, 0) is 12.1 Å². The number of rotatable bonds is 1. The summed E-state index contributed by atoms with van der Waals surface area (Å²) in [5.41, 5.74) is 2.28. The van der Waals surface area contributed by atoms with Gasteiger partial charge in [-0.15, -0.1) is 0 Å². The molecule has 0 fully saturated rings. The zero-order valence-corrected chi connectivity index (χ0v) is 10.5. The minimum Gasteiger partial charge on any atom is -0.465 e. The Morgan fingerprint density at radius 1 is 1.41 bits per heavy atom. The third-order valence-electron chi connectivity index (χ3n) is 2.65. The van der Waals surface area contributed by atoms with Gasteiger partial charge in [0, 0.05) is 17.8 Å². The fourth-order valence-electron chi connectivity index (χ4n) is 1.59. The molecular formula is C13H16N2O2. The molecule has 0 atom stereocenters. The summed E-state index contributed by atoms with van der Waals surface area (Å²) >= 11 is 0. The van der Waals surface area contributed by atoms with E-state index in [0.29, 0.717) is 5.56 Å². The summed E-state index contributed by atoms with van der Waals surface area (Å²) in [6, 6.07) is 3.47. The highest BCUT2D eigenvalue weighted by atomic mass is 16.5. The van der Waals surface area contributed by atoms with E-state index in [1.165, 1.54) is 7.11 Å². The summed E-state index contributed by atoms with van der Waals surface area (Å²) < 4.78 is 6.59. The monoisotopic (exact) mass is 232 g/mol. The molecule has 0 N–H and O–H groups in total. The topological polar surface area (TPSA) is 43.6 Å². The number of hydrogen-bond acceptors (Lipinski definition) is 3. The number of ether oxygens (including phenoxy) is 1. The number of aromatic nitrogens is 2. The van der Waals surface area contributed by atoms with Crippen molar-refractivity contribution in [3.8, 4) is 0 Å². The van der Waals surface area contributed by atoms with Crippen LogP contribution in [0.4, 0.5) is 0 Å². The highest BCUT2D eigenvalue weighted by Crippen LogP contribution is 2.21. The number of esters is 1. The van der Waals surface area contributed by atoms with Crippen LogP contribution in [0.1, 0.15) is 36.8 Å². The van der Waals surface area contributed by atoms with E-state index in [4.69, 9.17) is 0 Å². The van der Waals surface area contributed by atoms with Crippen LogP contribution >= 0.6 is 0 Å². The first-order valence-corrected chi connectivity index (χ1v) is 5.49. The molecule has 4 heteroatoms. The molecule has 4 nitrogen and oxygen atoms in total. The third-order valence-corrected chi connectivity index (χ3v) is 2.65. The van der Waals surface area contributed by atoms with Crippen molar-refractivity contribution < 1.29 is 9.53 Å². The molecule has 0 amide bonds. The summed E-state index contributed by atoms with van der Waals surface area (Å²) in [6.45, 7) is 6.32. The molecule has 0 aliphatic heterocycles.